The second-order valence-electron chi connectivity index (χ2n) is 4.31. The number of para-hydroxylation sites is 2. The Kier molecular flexibility index (Phi) is 4.77. The van der Waals surface area contributed by atoms with Gasteiger partial charge < -0.3 is 20.8 Å². The Bertz CT molecular complexity index is 664. The predicted octanol–water partition coefficient (Wildman–Crippen LogP) is 1.73. The lowest BCUT2D eigenvalue weighted by Gasteiger charge is -2.04. The Morgan fingerprint density at radius 2 is 1.09 bits per heavy atom. The summed E-state index contributed by atoms with van der Waals surface area (Å²) in [6.45, 7) is 0. The van der Waals surface area contributed by atoms with E-state index in [0.717, 1.165) is 0 Å². The highest BCUT2D eigenvalue weighted by atomic mass is 16.3. The van der Waals surface area contributed by atoms with Gasteiger partial charge in [0.2, 0.25) is 0 Å². The summed E-state index contributed by atoms with van der Waals surface area (Å²) >= 11 is 0. The number of hydrogen-bond donors (Lipinski definition) is 4. The molecule has 0 aliphatic rings. The van der Waals surface area contributed by atoms with Crippen LogP contribution in [0.25, 0.3) is 0 Å². The minimum absolute atomic E-state index is 0.124. The Morgan fingerprint density at radius 3 is 1.45 bits per heavy atom. The van der Waals surface area contributed by atoms with Gasteiger partial charge in [-0.2, -0.15) is 0 Å². The van der Waals surface area contributed by atoms with Crippen molar-refractivity contribution in [2.75, 3.05) is 0 Å². The van der Waals surface area contributed by atoms with Crippen LogP contribution in [-0.4, -0.2) is 22.0 Å². The number of aromatic hydroxyl groups is 2. The highest BCUT2D eigenvalue weighted by Crippen LogP contribution is 2.15. The van der Waals surface area contributed by atoms with Gasteiger partial charge in [-0.05, 0) is 24.3 Å². The normalized spacial score (nSPS) is 10.4. The average Bonchev–Trinajstić information content (AvgIpc) is 2.52. The fourth-order valence-corrected chi connectivity index (χ4v) is 1.72. The zero-order valence-electron chi connectivity index (χ0n) is 11.5. The van der Waals surface area contributed by atoms with E-state index < -0.39 is 11.8 Å². The third kappa shape index (κ3) is 3.63. The Hall–Kier alpha value is -3.28. The molecule has 0 spiro atoms. The molecule has 2 aromatic rings. The molecule has 0 radical (unpaired) electrons. The van der Waals surface area contributed by atoms with Crippen LogP contribution in [0, 0.1) is 0 Å². The van der Waals surface area contributed by atoms with Gasteiger partial charge in [0.1, 0.15) is 11.5 Å². The summed E-state index contributed by atoms with van der Waals surface area (Å²) < 4.78 is 0. The molecule has 2 aromatic carbocycles. The van der Waals surface area contributed by atoms with Crippen molar-refractivity contribution in [1.82, 2.24) is 10.6 Å². The maximum absolute atomic E-state index is 11.8. The molecule has 0 heterocycles. The molecule has 0 aromatic heterocycles. The first-order chi connectivity index (χ1) is 10.6. The van der Waals surface area contributed by atoms with Crippen molar-refractivity contribution in [3.8, 4) is 11.5 Å². The Labute approximate surface area is 126 Å². The molecule has 0 bridgehead atoms. The molecule has 2 amide bonds. The van der Waals surface area contributed by atoms with E-state index in [0.29, 0.717) is 0 Å². The molecule has 0 aliphatic heterocycles. The van der Waals surface area contributed by atoms with Crippen molar-refractivity contribution in [3.05, 3.63) is 72.1 Å². The van der Waals surface area contributed by atoms with Crippen LogP contribution in [-0.2, 0) is 0 Å². The van der Waals surface area contributed by atoms with E-state index in [1.807, 2.05) is 0 Å². The van der Waals surface area contributed by atoms with E-state index in [-0.39, 0.29) is 22.6 Å². The summed E-state index contributed by atoms with van der Waals surface area (Å²) in [5.74, 6) is -1.28. The van der Waals surface area contributed by atoms with Crippen molar-refractivity contribution < 1.29 is 19.8 Å². The van der Waals surface area contributed by atoms with E-state index in [1.165, 1.54) is 36.7 Å². The predicted molar refractivity (Wildman–Crippen MR) is 80.3 cm³/mol. The van der Waals surface area contributed by atoms with Gasteiger partial charge in [0.15, 0.2) is 0 Å². The minimum Gasteiger partial charge on any atom is -0.507 e. The van der Waals surface area contributed by atoms with E-state index in [9.17, 15) is 19.8 Å². The lowest BCUT2D eigenvalue weighted by Crippen LogP contribution is -2.21. The van der Waals surface area contributed by atoms with Gasteiger partial charge in [-0.25, -0.2) is 0 Å². The molecule has 0 fully saturated rings. The number of phenolic OH excluding ortho intramolecular Hbond substituents is 2. The van der Waals surface area contributed by atoms with Crippen LogP contribution in [0.1, 0.15) is 20.7 Å². The van der Waals surface area contributed by atoms with Crippen LogP contribution in [0.3, 0.4) is 0 Å². The number of carbonyl (C=O) groups is 2. The third-order valence-electron chi connectivity index (χ3n) is 2.81. The quantitative estimate of drug-likeness (QED) is 0.691. The Balaban J connectivity index is 1.91. The van der Waals surface area contributed by atoms with Crippen LogP contribution in [0.15, 0.2) is 60.9 Å². The lowest BCUT2D eigenvalue weighted by molar-refractivity contribution is 0.0952. The first kappa shape index (κ1) is 15.1. The largest absolute Gasteiger partial charge is 0.507 e. The van der Waals surface area contributed by atoms with Gasteiger partial charge >= 0.3 is 0 Å². The highest BCUT2D eigenvalue weighted by molar-refractivity contribution is 5.98. The smallest absolute Gasteiger partial charge is 0.259 e. The number of phenols is 2. The fourth-order valence-electron chi connectivity index (χ4n) is 1.72. The molecule has 112 valence electrons. The molecule has 6 nitrogen and oxygen atoms in total. The molecular weight excluding hydrogens is 284 g/mol. The van der Waals surface area contributed by atoms with Crippen molar-refractivity contribution in [3.63, 3.8) is 0 Å². The average molecular weight is 298 g/mol. The maximum atomic E-state index is 11.8. The molecule has 0 aliphatic carbocycles. The summed E-state index contributed by atoms with van der Waals surface area (Å²) in [6.07, 6.45) is 2.46. The molecule has 6 heteroatoms. The van der Waals surface area contributed by atoms with Gasteiger partial charge in [0, 0.05) is 12.4 Å². The number of benzene rings is 2. The third-order valence-corrected chi connectivity index (χ3v) is 2.81. The van der Waals surface area contributed by atoms with Crippen molar-refractivity contribution in [2.24, 2.45) is 0 Å². The van der Waals surface area contributed by atoms with Crippen LogP contribution in [0.2, 0.25) is 0 Å². The van der Waals surface area contributed by atoms with Gasteiger partial charge in [0.25, 0.3) is 11.8 Å². The first-order valence-electron chi connectivity index (χ1n) is 6.42. The molecule has 0 saturated carbocycles. The van der Waals surface area contributed by atoms with Crippen molar-refractivity contribution in [1.29, 1.82) is 0 Å². The summed E-state index contributed by atoms with van der Waals surface area (Å²) in [6, 6.07) is 12.2. The molecule has 0 atom stereocenters. The number of carbonyl (C=O) groups excluding carboxylic acids is 2. The second kappa shape index (κ2) is 6.94. The lowest BCUT2D eigenvalue weighted by atomic mass is 10.2. The van der Waals surface area contributed by atoms with E-state index in [2.05, 4.69) is 10.6 Å². The topological polar surface area (TPSA) is 98.7 Å². The number of rotatable bonds is 4. The van der Waals surface area contributed by atoms with Crippen LogP contribution < -0.4 is 10.6 Å². The number of amides is 2. The van der Waals surface area contributed by atoms with Crippen molar-refractivity contribution >= 4 is 11.8 Å². The summed E-state index contributed by atoms with van der Waals surface area (Å²) in [5.41, 5.74) is 0.248. The van der Waals surface area contributed by atoms with E-state index in [4.69, 9.17) is 0 Å². The second-order valence-corrected chi connectivity index (χ2v) is 4.31. The molecule has 4 N–H and O–H groups in total. The van der Waals surface area contributed by atoms with Crippen LogP contribution in [0.5, 0.6) is 11.5 Å². The molecule has 0 unspecified atom stereocenters. The van der Waals surface area contributed by atoms with Gasteiger partial charge in [-0.3, -0.25) is 9.59 Å². The maximum Gasteiger partial charge on any atom is 0.259 e. The monoisotopic (exact) mass is 298 g/mol. The molecule has 22 heavy (non-hydrogen) atoms. The van der Waals surface area contributed by atoms with Crippen molar-refractivity contribution in [2.45, 2.75) is 0 Å². The zero-order valence-corrected chi connectivity index (χ0v) is 11.5. The first-order valence-corrected chi connectivity index (χ1v) is 6.42. The molecule has 0 saturated heterocycles. The number of hydrogen-bond acceptors (Lipinski definition) is 4. The van der Waals surface area contributed by atoms with Gasteiger partial charge in [-0.15, -0.1) is 0 Å². The van der Waals surface area contributed by atoms with Crippen LogP contribution in [0.4, 0.5) is 0 Å². The molecular formula is C16H14N2O4. The summed E-state index contributed by atoms with van der Waals surface area (Å²) in [4.78, 5) is 23.5. The Morgan fingerprint density at radius 1 is 0.727 bits per heavy atom. The summed E-state index contributed by atoms with van der Waals surface area (Å²) in [7, 11) is 0. The number of nitrogens with one attached hydrogen (secondary N) is 2. The minimum atomic E-state index is -0.508. The highest BCUT2D eigenvalue weighted by Gasteiger charge is 2.09. The summed E-state index contributed by atoms with van der Waals surface area (Å²) in [5, 5.41) is 23.9. The molecule has 2 rings (SSSR count). The van der Waals surface area contributed by atoms with Gasteiger partial charge in [-0.1, -0.05) is 24.3 Å². The van der Waals surface area contributed by atoms with Gasteiger partial charge in [0.05, 0.1) is 11.1 Å². The van der Waals surface area contributed by atoms with Crippen LogP contribution >= 0.6 is 0 Å². The SMILES string of the molecule is O=C(NC=CNC(=O)c1ccccc1O)c1ccccc1O. The standard InChI is InChI=1S/C16H14N2O4/c19-13-7-3-1-5-11(13)15(21)17-9-10-18-16(22)12-6-2-4-8-14(12)20/h1-10,19-20H,(H,17,21)(H,18,22). The zero-order chi connectivity index (χ0) is 15.9. The van der Waals surface area contributed by atoms with E-state index >= 15 is 0 Å². The van der Waals surface area contributed by atoms with E-state index in [1.54, 1.807) is 24.3 Å². The fraction of sp³-hybridized carbons (Fsp3) is 0.